The predicted octanol–water partition coefficient (Wildman–Crippen LogP) is 3.00. The molecule has 2 fully saturated rings. The second-order valence-electron chi connectivity index (χ2n) is 6.06. The van der Waals surface area contributed by atoms with E-state index in [1.807, 2.05) is 0 Å². The Morgan fingerprint density at radius 3 is 2.25 bits per heavy atom. The molecule has 1 spiro atoms. The lowest BCUT2D eigenvalue weighted by Crippen LogP contribution is -2.48. The molecule has 3 rings (SSSR count). The minimum absolute atomic E-state index is 0.0704. The van der Waals surface area contributed by atoms with E-state index in [4.69, 9.17) is 0 Å². The number of amides is 2. The Balaban J connectivity index is 1.86. The highest BCUT2D eigenvalue weighted by Gasteiger charge is 2.44. The number of hydrogen-bond donors (Lipinski definition) is 1. The van der Waals surface area contributed by atoms with E-state index in [0.29, 0.717) is 18.5 Å². The number of hydrogen-bond acceptors (Lipinski definition) is 3. The lowest BCUT2D eigenvalue weighted by molar-refractivity contribution is -0.134. The lowest BCUT2D eigenvalue weighted by Gasteiger charge is -2.42. The van der Waals surface area contributed by atoms with Crippen molar-refractivity contribution in [1.29, 1.82) is 0 Å². The summed E-state index contributed by atoms with van der Waals surface area (Å²) >= 11 is 0. The van der Waals surface area contributed by atoms with Crippen LogP contribution in [0.5, 0.6) is 5.75 Å². The van der Waals surface area contributed by atoms with E-state index in [9.17, 15) is 14.7 Å². The van der Waals surface area contributed by atoms with Crippen molar-refractivity contribution >= 4 is 17.5 Å². The summed E-state index contributed by atoms with van der Waals surface area (Å²) in [6, 6.07) is 6.34. The summed E-state index contributed by atoms with van der Waals surface area (Å²) in [6.07, 6.45) is 6.32. The molecule has 0 atom stereocenters. The molecular formula is C16H19NO3. The largest absolute Gasteiger partial charge is 0.508 e. The number of carbonyl (C=O) groups excluding carboxylic acids is 2. The fourth-order valence-corrected chi connectivity index (χ4v) is 3.58. The number of aromatic hydroxyl groups is 1. The fraction of sp³-hybridized carbons (Fsp3) is 0.500. The Labute approximate surface area is 118 Å². The molecule has 2 aliphatic rings. The Hall–Kier alpha value is -1.84. The molecule has 4 nitrogen and oxygen atoms in total. The van der Waals surface area contributed by atoms with Crippen LogP contribution in [0.4, 0.5) is 5.69 Å². The van der Waals surface area contributed by atoms with E-state index >= 15 is 0 Å². The summed E-state index contributed by atoms with van der Waals surface area (Å²) < 4.78 is 0. The minimum Gasteiger partial charge on any atom is -0.508 e. The number of carbonyl (C=O) groups is 2. The van der Waals surface area contributed by atoms with E-state index in [1.165, 1.54) is 23.5 Å². The van der Waals surface area contributed by atoms with Crippen LogP contribution in [0.25, 0.3) is 0 Å². The van der Waals surface area contributed by atoms with E-state index in [2.05, 4.69) is 0 Å². The van der Waals surface area contributed by atoms with Crippen LogP contribution in [0.15, 0.2) is 24.3 Å². The van der Waals surface area contributed by atoms with Crippen molar-refractivity contribution in [1.82, 2.24) is 0 Å². The van der Waals surface area contributed by atoms with Gasteiger partial charge in [0.25, 0.3) is 0 Å². The molecule has 2 amide bonds. The standard InChI is InChI=1S/C16H19NO3/c18-13-6-4-5-12(9-13)17-14(19)10-16(11-15(17)20)7-2-1-3-8-16/h4-6,9,18H,1-3,7-8,10-11H2. The van der Waals surface area contributed by atoms with Crippen molar-refractivity contribution in [3.8, 4) is 5.75 Å². The van der Waals surface area contributed by atoms with Gasteiger partial charge in [0.15, 0.2) is 0 Å². The molecule has 0 bridgehead atoms. The molecule has 1 aromatic carbocycles. The Bertz CT molecular complexity index is 526. The fourth-order valence-electron chi connectivity index (χ4n) is 3.58. The number of anilines is 1. The Morgan fingerprint density at radius 1 is 1.00 bits per heavy atom. The smallest absolute Gasteiger partial charge is 0.234 e. The van der Waals surface area contributed by atoms with Crippen LogP contribution in [0, 0.1) is 5.41 Å². The molecule has 1 heterocycles. The molecule has 1 aliphatic carbocycles. The van der Waals surface area contributed by atoms with Crippen LogP contribution >= 0.6 is 0 Å². The number of nitrogens with zero attached hydrogens (tertiary/aromatic N) is 1. The van der Waals surface area contributed by atoms with Gasteiger partial charge in [-0.05, 0) is 30.4 Å². The number of benzene rings is 1. The maximum Gasteiger partial charge on any atom is 0.234 e. The highest BCUT2D eigenvalue weighted by Crippen LogP contribution is 2.46. The predicted molar refractivity (Wildman–Crippen MR) is 75.4 cm³/mol. The van der Waals surface area contributed by atoms with Gasteiger partial charge in [-0.15, -0.1) is 0 Å². The first-order valence-corrected chi connectivity index (χ1v) is 7.25. The second kappa shape index (κ2) is 4.93. The van der Waals surface area contributed by atoms with Gasteiger partial charge >= 0.3 is 0 Å². The normalized spacial score (nSPS) is 22.3. The first kappa shape index (κ1) is 13.2. The number of piperidine rings is 1. The molecule has 1 aromatic rings. The summed E-state index contributed by atoms with van der Waals surface area (Å²) in [5.74, 6) is -0.191. The SMILES string of the molecule is O=C1CC2(CCCCC2)CC(=O)N1c1cccc(O)c1. The number of rotatable bonds is 1. The van der Waals surface area contributed by atoms with Gasteiger partial charge in [-0.3, -0.25) is 14.5 Å². The zero-order chi connectivity index (χ0) is 14.2. The summed E-state index contributed by atoms with van der Waals surface area (Å²) in [7, 11) is 0. The van der Waals surface area contributed by atoms with Crippen LogP contribution in [0.1, 0.15) is 44.9 Å². The van der Waals surface area contributed by atoms with Gasteiger partial charge in [-0.25, -0.2) is 0 Å². The Kier molecular flexibility index (Phi) is 3.24. The van der Waals surface area contributed by atoms with Gasteiger partial charge in [0.05, 0.1) is 5.69 Å². The van der Waals surface area contributed by atoms with Crippen molar-refractivity contribution < 1.29 is 14.7 Å². The zero-order valence-corrected chi connectivity index (χ0v) is 11.5. The van der Waals surface area contributed by atoms with Crippen LogP contribution in [0.3, 0.4) is 0 Å². The molecule has 1 N–H and O–H groups in total. The minimum atomic E-state index is -0.131. The van der Waals surface area contributed by atoms with Gasteiger partial charge < -0.3 is 5.11 Å². The van der Waals surface area contributed by atoms with Crippen LogP contribution in [0.2, 0.25) is 0 Å². The van der Waals surface area contributed by atoms with Gasteiger partial charge in [0.1, 0.15) is 5.75 Å². The van der Waals surface area contributed by atoms with E-state index in [0.717, 1.165) is 25.7 Å². The summed E-state index contributed by atoms with van der Waals surface area (Å²) in [5.41, 5.74) is 0.380. The zero-order valence-electron chi connectivity index (χ0n) is 11.5. The van der Waals surface area contributed by atoms with Crippen LogP contribution in [-0.4, -0.2) is 16.9 Å². The molecule has 0 unspecified atom stereocenters. The van der Waals surface area contributed by atoms with Crippen molar-refractivity contribution in [2.75, 3.05) is 4.90 Å². The molecule has 4 heteroatoms. The lowest BCUT2D eigenvalue weighted by atomic mass is 9.67. The molecule has 20 heavy (non-hydrogen) atoms. The molecule has 0 aromatic heterocycles. The maximum atomic E-state index is 12.4. The first-order valence-electron chi connectivity index (χ1n) is 7.25. The number of imide groups is 1. The summed E-state index contributed by atoms with van der Waals surface area (Å²) in [5, 5.41) is 9.51. The van der Waals surface area contributed by atoms with E-state index < -0.39 is 0 Å². The summed E-state index contributed by atoms with van der Waals surface area (Å²) in [4.78, 5) is 26.1. The van der Waals surface area contributed by atoms with Crippen LogP contribution < -0.4 is 4.90 Å². The quantitative estimate of drug-likeness (QED) is 0.800. The number of phenolic OH excluding ortho intramolecular Hbond substituents is 1. The second-order valence-corrected chi connectivity index (χ2v) is 6.06. The molecule has 106 valence electrons. The highest BCUT2D eigenvalue weighted by atomic mass is 16.3. The average molecular weight is 273 g/mol. The van der Waals surface area contributed by atoms with Gasteiger partial charge in [-0.1, -0.05) is 25.3 Å². The van der Waals surface area contributed by atoms with Gasteiger partial charge in [-0.2, -0.15) is 0 Å². The Morgan fingerprint density at radius 2 is 1.65 bits per heavy atom. The third kappa shape index (κ3) is 2.30. The van der Waals surface area contributed by atoms with Crippen molar-refractivity contribution in [2.45, 2.75) is 44.9 Å². The molecular weight excluding hydrogens is 254 g/mol. The molecule has 1 saturated heterocycles. The van der Waals surface area contributed by atoms with Crippen LogP contribution in [-0.2, 0) is 9.59 Å². The maximum absolute atomic E-state index is 12.4. The van der Waals surface area contributed by atoms with Gasteiger partial charge in [0, 0.05) is 18.9 Å². The van der Waals surface area contributed by atoms with Crippen molar-refractivity contribution in [2.24, 2.45) is 5.41 Å². The molecule has 1 aliphatic heterocycles. The third-order valence-corrected chi connectivity index (χ3v) is 4.55. The van der Waals surface area contributed by atoms with E-state index in [1.54, 1.807) is 12.1 Å². The topological polar surface area (TPSA) is 57.6 Å². The highest BCUT2D eigenvalue weighted by molar-refractivity contribution is 6.17. The monoisotopic (exact) mass is 273 g/mol. The first-order chi connectivity index (χ1) is 9.60. The molecule has 0 radical (unpaired) electrons. The van der Waals surface area contributed by atoms with Crippen molar-refractivity contribution in [3.63, 3.8) is 0 Å². The molecule has 1 saturated carbocycles. The van der Waals surface area contributed by atoms with Crippen molar-refractivity contribution in [3.05, 3.63) is 24.3 Å². The van der Waals surface area contributed by atoms with E-state index in [-0.39, 0.29) is 23.0 Å². The number of phenols is 1. The van der Waals surface area contributed by atoms with Gasteiger partial charge in [0.2, 0.25) is 11.8 Å². The average Bonchev–Trinajstić information content (AvgIpc) is 2.38. The third-order valence-electron chi connectivity index (χ3n) is 4.55. The summed E-state index contributed by atoms with van der Waals surface area (Å²) in [6.45, 7) is 0.